The largest absolute Gasteiger partial charge is 0.346 e. The fourth-order valence-corrected chi connectivity index (χ4v) is 2.65. The van der Waals surface area contributed by atoms with Crippen LogP contribution in [0.4, 0.5) is 0 Å². The van der Waals surface area contributed by atoms with Crippen LogP contribution in [0.3, 0.4) is 0 Å². The van der Waals surface area contributed by atoms with Crippen molar-refractivity contribution < 1.29 is 4.79 Å². The monoisotopic (exact) mass is 341 g/mol. The normalized spacial score (nSPS) is 12.9. The molecule has 25 heavy (non-hydrogen) atoms. The molecule has 0 fully saturated rings. The molecule has 3 aromatic heterocycles. The van der Waals surface area contributed by atoms with Crippen LogP contribution in [0.2, 0.25) is 0 Å². The molecule has 0 radical (unpaired) electrons. The summed E-state index contributed by atoms with van der Waals surface area (Å²) in [5.74, 6) is 0.705. The Morgan fingerprint density at radius 3 is 2.72 bits per heavy atom. The highest BCUT2D eigenvalue weighted by atomic mass is 16.2. The van der Waals surface area contributed by atoms with Crippen molar-refractivity contribution in [3.63, 3.8) is 0 Å². The van der Waals surface area contributed by atoms with Crippen molar-refractivity contribution in [2.45, 2.75) is 46.2 Å². The maximum Gasteiger partial charge on any atom is 0.270 e. The number of rotatable bonds is 6. The molecule has 1 amide bonds. The number of imidazole rings is 1. The van der Waals surface area contributed by atoms with E-state index in [4.69, 9.17) is 0 Å². The summed E-state index contributed by atoms with van der Waals surface area (Å²) in [4.78, 5) is 25.3. The summed E-state index contributed by atoms with van der Waals surface area (Å²) in [5, 5.41) is 7.27. The number of amides is 1. The molecule has 3 heterocycles. The Kier molecular flexibility index (Phi) is 4.78. The summed E-state index contributed by atoms with van der Waals surface area (Å²) in [6, 6.07) is 1.76. The predicted molar refractivity (Wildman–Crippen MR) is 93.2 cm³/mol. The van der Waals surface area contributed by atoms with E-state index in [-0.39, 0.29) is 23.8 Å². The van der Waals surface area contributed by atoms with Crippen molar-refractivity contribution in [2.24, 2.45) is 5.92 Å². The van der Waals surface area contributed by atoms with E-state index in [0.717, 1.165) is 5.69 Å². The lowest BCUT2D eigenvalue weighted by Crippen LogP contribution is -2.41. The Balaban J connectivity index is 1.85. The second kappa shape index (κ2) is 7.00. The van der Waals surface area contributed by atoms with Gasteiger partial charge in [0.25, 0.3) is 11.7 Å². The third-order valence-corrected chi connectivity index (χ3v) is 4.19. The van der Waals surface area contributed by atoms with Gasteiger partial charge in [0.1, 0.15) is 12.0 Å². The number of fused-ring (bicyclic) bond motifs is 1. The third kappa shape index (κ3) is 3.67. The van der Waals surface area contributed by atoms with Gasteiger partial charge in [-0.3, -0.25) is 4.79 Å². The molecule has 0 bridgehead atoms. The Morgan fingerprint density at radius 1 is 1.28 bits per heavy atom. The van der Waals surface area contributed by atoms with E-state index < -0.39 is 0 Å². The number of hydrogen-bond acceptors (Lipinski definition) is 5. The SMILES string of the molecule is CC(C)c1cc(C(=O)NC(Cn2ccnc2)C(C)C)nc2ncnn12. The van der Waals surface area contributed by atoms with E-state index in [9.17, 15) is 4.79 Å². The molecule has 0 aromatic carbocycles. The maximum atomic E-state index is 12.8. The molecule has 3 rings (SSSR count). The van der Waals surface area contributed by atoms with E-state index in [1.807, 2.05) is 24.6 Å². The lowest BCUT2D eigenvalue weighted by molar-refractivity contribution is 0.0915. The Morgan fingerprint density at radius 2 is 2.08 bits per heavy atom. The van der Waals surface area contributed by atoms with Gasteiger partial charge < -0.3 is 9.88 Å². The van der Waals surface area contributed by atoms with Gasteiger partial charge in [-0.05, 0) is 17.9 Å². The van der Waals surface area contributed by atoms with Gasteiger partial charge in [-0.1, -0.05) is 27.7 Å². The summed E-state index contributed by atoms with van der Waals surface area (Å²) in [5.41, 5.74) is 1.27. The highest BCUT2D eigenvalue weighted by Crippen LogP contribution is 2.16. The predicted octanol–water partition coefficient (Wildman–Crippen LogP) is 1.90. The van der Waals surface area contributed by atoms with Gasteiger partial charge in [-0.2, -0.15) is 10.1 Å². The van der Waals surface area contributed by atoms with E-state index in [1.165, 1.54) is 6.33 Å². The van der Waals surface area contributed by atoms with Gasteiger partial charge in [0.05, 0.1) is 12.0 Å². The van der Waals surface area contributed by atoms with Gasteiger partial charge in [-0.15, -0.1) is 0 Å². The standard InChI is InChI=1S/C17H23N7O/c1-11(2)14(8-23-6-5-18-10-23)21-16(25)13-7-15(12(3)4)24-17(22-13)19-9-20-24/h5-7,9-12,14H,8H2,1-4H3,(H,21,25). The van der Waals surface area contributed by atoms with Gasteiger partial charge in [-0.25, -0.2) is 14.5 Å². The molecule has 132 valence electrons. The molecule has 0 spiro atoms. The average molecular weight is 341 g/mol. The lowest BCUT2D eigenvalue weighted by Gasteiger charge is -2.23. The van der Waals surface area contributed by atoms with Crippen molar-refractivity contribution in [2.75, 3.05) is 0 Å². The first-order chi connectivity index (χ1) is 12.0. The molecule has 0 saturated carbocycles. The van der Waals surface area contributed by atoms with Crippen molar-refractivity contribution in [1.29, 1.82) is 0 Å². The zero-order chi connectivity index (χ0) is 18.0. The minimum atomic E-state index is -0.203. The molecule has 0 aliphatic rings. The molecule has 1 atom stereocenters. The second-order valence-corrected chi connectivity index (χ2v) is 6.78. The van der Waals surface area contributed by atoms with Gasteiger partial charge >= 0.3 is 0 Å². The lowest BCUT2D eigenvalue weighted by atomic mass is 10.0. The molecular weight excluding hydrogens is 318 g/mol. The molecule has 0 aliphatic carbocycles. The Labute approximate surface area is 146 Å². The van der Waals surface area contributed by atoms with E-state index in [0.29, 0.717) is 18.0 Å². The number of carbonyl (C=O) groups is 1. The Bertz CT molecular complexity index is 851. The van der Waals surface area contributed by atoms with Gasteiger partial charge in [0.2, 0.25) is 0 Å². The molecule has 8 heteroatoms. The average Bonchev–Trinajstić information content (AvgIpc) is 3.23. The van der Waals surface area contributed by atoms with Gasteiger partial charge in [0.15, 0.2) is 0 Å². The van der Waals surface area contributed by atoms with Crippen LogP contribution >= 0.6 is 0 Å². The first-order valence-electron chi connectivity index (χ1n) is 8.43. The highest BCUT2D eigenvalue weighted by molar-refractivity contribution is 5.93. The molecule has 0 saturated heterocycles. The number of aromatic nitrogens is 6. The molecule has 0 aliphatic heterocycles. The van der Waals surface area contributed by atoms with Crippen molar-refractivity contribution >= 4 is 11.7 Å². The number of nitrogens with one attached hydrogen (secondary N) is 1. The Hall–Kier alpha value is -2.77. The van der Waals surface area contributed by atoms with Gasteiger partial charge in [0, 0.05) is 25.0 Å². The van der Waals surface area contributed by atoms with Crippen molar-refractivity contribution in [3.05, 3.63) is 42.5 Å². The molecule has 1 N–H and O–H groups in total. The van der Waals surface area contributed by atoms with Crippen LogP contribution in [-0.4, -0.2) is 41.1 Å². The first kappa shape index (κ1) is 17.1. The number of nitrogens with zero attached hydrogens (tertiary/aromatic N) is 6. The van der Waals surface area contributed by atoms with Crippen LogP contribution in [0, 0.1) is 5.92 Å². The van der Waals surface area contributed by atoms with E-state index >= 15 is 0 Å². The molecule has 8 nitrogen and oxygen atoms in total. The van der Waals surface area contributed by atoms with Crippen LogP contribution in [0.5, 0.6) is 0 Å². The first-order valence-corrected chi connectivity index (χ1v) is 8.43. The quantitative estimate of drug-likeness (QED) is 0.739. The second-order valence-electron chi connectivity index (χ2n) is 6.78. The third-order valence-electron chi connectivity index (χ3n) is 4.19. The minimum Gasteiger partial charge on any atom is -0.346 e. The summed E-state index contributed by atoms with van der Waals surface area (Å²) in [7, 11) is 0. The fourth-order valence-electron chi connectivity index (χ4n) is 2.65. The zero-order valence-corrected chi connectivity index (χ0v) is 14.9. The van der Waals surface area contributed by atoms with Crippen LogP contribution in [-0.2, 0) is 6.54 Å². The van der Waals surface area contributed by atoms with Crippen LogP contribution in [0.15, 0.2) is 31.1 Å². The molecule has 3 aromatic rings. The summed E-state index contributed by atoms with van der Waals surface area (Å²) < 4.78 is 3.63. The summed E-state index contributed by atoms with van der Waals surface area (Å²) in [6.07, 6.45) is 6.82. The fraction of sp³-hybridized carbons (Fsp3) is 0.471. The van der Waals surface area contributed by atoms with Crippen LogP contribution in [0.25, 0.3) is 5.78 Å². The summed E-state index contributed by atoms with van der Waals surface area (Å²) >= 11 is 0. The smallest absolute Gasteiger partial charge is 0.270 e. The minimum absolute atomic E-state index is 0.0277. The molecule has 1 unspecified atom stereocenters. The zero-order valence-electron chi connectivity index (χ0n) is 14.9. The topological polar surface area (TPSA) is 90.0 Å². The number of carbonyl (C=O) groups excluding carboxylic acids is 1. The number of hydrogen-bond donors (Lipinski definition) is 1. The summed E-state index contributed by atoms with van der Waals surface area (Å²) in [6.45, 7) is 8.92. The van der Waals surface area contributed by atoms with Crippen molar-refractivity contribution in [3.8, 4) is 0 Å². The maximum absolute atomic E-state index is 12.8. The van der Waals surface area contributed by atoms with Crippen molar-refractivity contribution in [1.82, 2.24) is 34.4 Å². The highest BCUT2D eigenvalue weighted by Gasteiger charge is 2.20. The van der Waals surface area contributed by atoms with Crippen LogP contribution < -0.4 is 5.32 Å². The van der Waals surface area contributed by atoms with E-state index in [1.54, 1.807) is 23.1 Å². The van der Waals surface area contributed by atoms with Crippen LogP contribution in [0.1, 0.15) is 49.8 Å². The van der Waals surface area contributed by atoms with E-state index in [2.05, 4.69) is 39.2 Å². The molecular formula is C17H23N7O.